The Bertz CT molecular complexity index is 631. The minimum absolute atomic E-state index is 0.0637. The maximum absolute atomic E-state index is 12.3. The van der Waals surface area contributed by atoms with Crippen molar-refractivity contribution in [1.29, 1.82) is 0 Å². The molecule has 0 saturated carbocycles. The minimum Gasteiger partial charge on any atom is -0.212 e. The highest BCUT2D eigenvalue weighted by molar-refractivity contribution is 7.88. The number of hydrogen-bond donors (Lipinski definition) is 0. The lowest BCUT2D eigenvalue weighted by molar-refractivity contribution is 0.472. The highest BCUT2D eigenvalue weighted by Gasteiger charge is 2.18. The molecular formula is C15H19NO2S2. The van der Waals surface area contributed by atoms with Crippen LogP contribution in [-0.4, -0.2) is 26.3 Å². The fraction of sp³-hybridized carbons (Fsp3) is 0.333. The van der Waals surface area contributed by atoms with Gasteiger partial charge in [-0.3, -0.25) is 0 Å². The summed E-state index contributed by atoms with van der Waals surface area (Å²) in [6.07, 6.45) is 0.765. The Morgan fingerprint density at radius 2 is 1.85 bits per heavy atom. The molecule has 0 unspecified atom stereocenters. The van der Waals surface area contributed by atoms with Crippen LogP contribution in [0.15, 0.2) is 41.8 Å². The molecule has 0 bridgehead atoms. The minimum atomic E-state index is -3.24. The maximum atomic E-state index is 12.3. The van der Waals surface area contributed by atoms with E-state index in [4.69, 9.17) is 0 Å². The quantitative estimate of drug-likeness (QED) is 0.822. The van der Waals surface area contributed by atoms with Crippen LogP contribution in [0, 0.1) is 6.92 Å². The van der Waals surface area contributed by atoms with Crippen molar-refractivity contribution in [2.75, 3.05) is 13.6 Å². The third kappa shape index (κ3) is 4.16. The van der Waals surface area contributed by atoms with E-state index in [1.54, 1.807) is 18.4 Å². The predicted molar refractivity (Wildman–Crippen MR) is 84.5 cm³/mol. The maximum Gasteiger partial charge on any atom is 0.218 e. The Balaban J connectivity index is 1.96. The van der Waals surface area contributed by atoms with E-state index in [0.29, 0.717) is 6.54 Å². The van der Waals surface area contributed by atoms with Gasteiger partial charge in [-0.05, 0) is 30.4 Å². The number of likely N-dealkylation sites (N-methyl/N-ethyl adjacent to an activating group) is 1. The predicted octanol–water partition coefficient (Wildman–Crippen LogP) is 3.06. The summed E-state index contributed by atoms with van der Waals surface area (Å²) >= 11 is 1.66. The zero-order valence-electron chi connectivity index (χ0n) is 11.7. The van der Waals surface area contributed by atoms with Crippen LogP contribution in [0.25, 0.3) is 0 Å². The number of thiophene rings is 1. The molecule has 1 aromatic heterocycles. The molecule has 0 fully saturated rings. The van der Waals surface area contributed by atoms with Crippen LogP contribution in [0.3, 0.4) is 0 Å². The highest BCUT2D eigenvalue weighted by Crippen LogP contribution is 2.13. The van der Waals surface area contributed by atoms with Gasteiger partial charge in [-0.15, -0.1) is 11.3 Å². The second-order valence-electron chi connectivity index (χ2n) is 4.89. The van der Waals surface area contributed by atoms with Gasteiger partial charge in [0.2, 0.25) is 10.0 Å². The molecule has 2 aromatic rings. The summed E-state index contributed by atoms with van der Waals surface area (Å²) in [4.78, 5) is 1.21. The molecule has 0 amide bonds. The Morgan fingerprint density at radius 1 is 1.15 bits per heavy atom. The summed E-state index contributed by atoms with van der Waals surface area (Å²) in [6, 6.07) is 11.7. The first-order valence-corrected chi connectivity index (χ1v) is 8.98. The monoisotopic (exact) mass is 309 g/mol. The van der Waals surface area contributed by atoms with Crippen molar-refractivity contribution in [2.45, 2.75) is 19.1 Å². The van der Waals surface area contributed by atoms with Crippen LogP contribution in [0.4, 0.5) is 0 Å². The first kappa shape index (κ1) is 15.2. The lowest BCUT2D eigenvalue weighted by atomic mass is 10.2. The van der Waals surface area contributed by atoms with Gasteiger partial charge in [-0.25, -0.2) is 12.7 Å². The first-order chi connectivity index (χ1) is 9.47. The molecule has 0 radical (unpaired) electrons. The largest absolute Gasteiger partial charge is 0.218 e. The van der Waals surface area contributed by atoms with Crippen molar-refractivity contribution in [2.24, 2.45) is 0 Å². The van der Waals surface area contributed by atoms with Crippen LogP contribution in [-0.2, 0) is 22.2 Å². The van der Waals surface area contributed by atoms with Gasteiger partial charge in [0.1, 0.15) is 0 Å². The van der Waals surface area contributed by atoms with Crippen LogP contribution >= 0.6 is 11.3 Å². The standard InChI is InChI=1S/C15H19NO2S2/c1-13-5-7-14(8-6-13)12-20(17,18)16(2)10-9-15-4-3-11-19-15/h3-8,11H,9-10,12H2,1-2H3. The molecule has 0 spiro atoms. The van der Waals surface area contributed by atoms with Gasteiger partial charge in [0, 0.05) is 18.5 Å². The molecule has 5 heteroatoms. The third-order valence-corrected chi connectivity index (χ3v) is 5.96. The van der Waals surface area contributed by atoms with Gasteiger partial charge >= 0.3 is 0 Å². The summed E-state index contributed by atoms with van der Waals surface area (Å²) < 4.78 is 26.0. The summed E-state index contributed by atoms with van der Waals surface area (Å²) in [5.74, 6) is 0.0637. The van der Waals surface area contributed by atoms with E-state index >= 15 is 0 Å². The number of benzene rings is 1. The fourth-order valence-electron chi connectivity index (χ4n) is 1.87. The fourth-order valence-corrected chi connectivity index (χ4v) is 3.77. The molecule has 0 N–H and O–H groups in total. The topological polar surface area (TPSA) is 37.4 Å². The van der Waals surface area contributed by atoms with E-state index in [2.05, 4.69) is 0 Å². The van der Waals surface area contributed by atoms with E-state index in [1.165, 1.54) is 9.18 Å². The Hall–Kier alpha value is -1.17. The van der Waals surface area contributed by atoms with Gasteiger partial charge in [0.15, 0.2) is 0 Å². The second-order valence-corrected chi connectivity index (χ2v) is 8.00. The van der Waals surface area contributed by atoms with Crippen LogP contribution in [0.5, 0.6) is 0 Å². The zero-order valence-corrected chi connectivity index (χ0v) is 13.4. The summed E-state index contributed by atoms with van der Waals surface area (Å²) in [7, 11) is -1.59. The lowest BCUT2D eigenvalue weighted by Crippen LogP contribution is -2.30. The third-order valence-electron chi connectivity index (χ3n) is 3.20. The number of nitrogens with zero attached hydrogens (tertiary/aromatic N) is 1. The van der Waals surface area contributed by atoms with Crippen molar-refractivity contribution in [3.63, 3.8) is 0 Å². The van der Waals surface area contributed by atoms with Crippen molar-refractivity contribution >= 4 is 21.4 Å². The zero-order chi connectivity index (χ0) is 14.6. The average Bonchev–Trinajstić information content (AvgIpc) is 2.91. The molecule has 3 nitrogen and oxygen atoms in total. The van der Waals surface area contributed by atoms with E-state index in [-0.39, 0.29) is 5.75 Å². The Labute approximate surface area is 124 Å². The number of hydrogen-bond acceptors (Lipinski definition) is 3. The summed E-state index contributed by atoms with van der Waals surface area (Å²) in [5.41, 5.74) is 1.97. The normalized spacial score (nSPS) is 11.9. The van der Waals surface area contributed by atoms with Gasteiger partial charge in [-0.2, -0.15) is 0 Å². The smallest absolute Gasteiger partial charge is 0.212 e. The van der Waals surface area contributed by atoms with Gasteiger partial charge in [0.05, 0.1) is 5.75 Å². The molecular weight excluding hydrogens is 290 g/mol. The molecule has 20 heavy (non-hydrogen) atoms. The van der Waals surface area contributed by atoms with E-state index < -0.39 is 10.0 Å². The Kier molecular flexibility index (Phi) is 4.96. The summed E-state index contributed by atoms with van der Waals surface area (Å²) in [6.45, 7) is 2.51. The number of rotatable bonds is 6. The van der Waals surface area contributed by atoms with Crippen LogP contribution in [0.1, 0.15) is 16.0 Å². The van der Waals surface area contributed by atoms with E-state index in [9.17, 15) is 8.42 Å². The van der Waals surface area contributed by atoms with Gasteiger partial charge in [0.25, 0.3) is 0 Å². The molecule has 0 saturated heterocycles. The number of sulfonamides is 1. The van der Waals surface area contributed by atoms with E-state index in [0.717, 1.165) is 17.5 Å². The molecule has 0 aliphatic carbocycles. The van der Waals surface area contributed by atoms with E-state index in [1.807, 2.05) is 48.7 Å². The van der Waals surface area contributed by atoms with Crippen molar-refractivity contribution in [3.8, 4) is 0 Å². The highest BCUT2D eigenvalue weighted by atomic mass is 32.2. The molecule has 0 aliphatic heterocycles. The molecule has 108 valence electrons. The van der Waals surface area contributed by atoms with Crippen LogP contribution in [0.2, 0.25) is 0 Å². The van der Waals surface area contributed by atoms with Crippen molar-refractivity contribution in [3.05, 3.63) is 57.8 Å². The molecule has 0 aliphatic rings. The van der Waals surface area contributed by atoms with Crippen molar-refractivity contribution in [1.82, 2.24) is 4.31 Å². The summed E-state index contributed by atoms with van der Waals surface area (Å²) in [5, 5.41) is 2.01. The van der Waals surface area contributed by atoms with Crippen molar-refractivity contribution < 1.29 is 8.42 Å². The first-order valence-electron chi connectivity index (χ1n) is 6.49. The molecule has 0 atom stereocenters. The Morgan fingerprint density at radius 3 is 2.45 bits per heavy atom. The molecule has 2 rings (SSSR count). The number of aryl methyl sites for hydroxylation is 1. The SMILES string of the molecule is Cc1ccc(CS(=O)(=O)N(C)CCc2cccs2)cc1. The van der Waals surface area contributed by atoms with Crippen LogP contribution < -0.4 is 0 Å². The molecule has 1 aromatic carbocycles. The average molecular weight is 309 g/mol. The van der Waals surface area contributed by atoms with Gasteiger partial charge in [-0.1, -0.05) is 35.9 Å². The van der Waals surface area contributed by atoms with Gasteiger partial charge < -0.3 is 0 Å². The second kappa shape index (κ2) is 6.52. The lowest BCUT2D eigenvalue weighted by Gasteiger charge is -2.16. The molecule has 1 heterocycles.